The van der Waals surface area contributed by atoms with Crippen molar-refractivity contribution in [1.82, 2.24) is 14.9 Å². The number of piperidine rings is 1. The Labute approximate surface area is 153 Å². The molecule has 0 aliphatic carbocycles. The van der Waals surface area contributed by atoms with E-state index in [1.54, 1.807) is 18.2 Å². The van der Waals surface area contributed by atoms with Gasteiger partial charge >= 0.3 is 0 Å². The highest BCUT2D eigenvalue weighted by molar-refractivity contribution is 5.93. The van der Waals surface area contributed by atoms with Gasteiger partial charge in [-0.1, -0.05) is 19.1 Å². The van der Waals surface area contributed by atoms with Crippen molar-refractivity contribution in [1.29, 1.82) is 0 Å². The number of halogens is 1. The van der Waals surface area contributed by atoms with E-state index in [1.165, 1.54) is 18.6 Å². The van der Waals surface area contributed by atoms with Crippen LogP contribution in [-0.4, -0.2) is 33.4 Å². The number of anilines is 1. The lowest BCUT2D eigenvalue weighted by atomic mass is 9.99. The maximum absolute atomic E-state index is 13.0. The van der Waals surface area contributed by atoms with Gasteiger partial charge in [-0.15, -0.1) is 0 Å². The molecule has 0 spiro atoms. The molecule has 0 bridgehead atoms. The molecule has 0 radical (unpaired) electrons. The van der Waals surface area contributed by atoms with E-state index in [0.29, 0.717) is 24.2 Å². The van der Waals surface area contributed by atoms with Gasteiger partial charge in [-0.3, -0.25) is 4.79 Å². The summed E-state index contributed by atoms with van der Waals surface area (Å²) in [7, 11) is 0. The third kappa shape index (κ3) is 4.36. The van der Waals surface area contributed by atoms with Crippen molar-refractivity contribution in [3.8, 4) is 0 Å². The zero-order chi connectivity index (χ0) is 18.5. The first-order valence-corrected chi connectivity index (χ1v) is 9.21. The maximum atomic E-state index is 13.0. The summed E-state index contributed by atoms with van der Waals surface area (Å²) in [6, 6.07) is 8.30. The van der Waals surface area contributed by atoms with Gasteiger partial charge in [0.1, 0.15) is 11.5 Å². The normalized spacial score (nSPS) is 17.2. The van der Waals surface area contributed by atoms with Crippen LogP contribution in [0.25, 0.3) is 0 Å². The SMILES string of the molecule is CCC1CCCCN1C(=O)c1cc(C)nc(NCc2ccc(F)cc2)n1. The van der Waals surface area contributed by atoms with Crippen molar-refractivity contribution in [2.24, 2.45) is 0 Å². The molecular formula is C20H25FN4O. The first-order chi connectivity index (χ1) is 12.6. The highest BCUT2D eigenvalue weighted by Crippen LogP contribution is 2.22. The minimum Gasteiger partial charge on any atom is -0.350 e. The quantitative estimate of drug-likeness (QED) is 0.881. The fraction of sp³-hybridized carbons (Fsp3) is 0.450. The highest BCUT2D eigenvalue weighted by Gasteiger charge is 2.27. The number of likely N-dealkylation sites (tertiary alicyclic amines) is 1. The molecule has 1 N–H and O–H groups in total. The Morgan fingerprint density at radius 3 is 2.77 bits per heavy atom. The molecule has 0 saturated carbocycles. The van der Waals surface area contributed by atoms with Gasteiger partial charge in [0.05, 0.1) is 0 Å². The van der Waals surface area contributed by atoms with Crippen LogP contribution in [0.2, 0.25) is 0 Å². The van der Waals surface area contributed by atoms with Gasteiger partial charge in [-0.25, -0.2) is 14.4 Å². The summed E-state index contributed by atoms with van der Waals surface area (Å²) in [6.07, 6.45) is 4.24. The number of amides is 1. The van der Waals surface area contributed by atoms with Gasteiger partial charge in [-0.05, 0) is 56.4 Å². The Morgan fingerprint density at radius 2 is 2.04 bits per heavy atom. The van der Waals surface area contributed by atoms with Crippen LogP contribution < -0.4 is 5.32 Å². The summed E-state index contributed by atoms with van der Waals surface area (Å²) in [5, 5.41) is 3.13. The van der Waals surface area contributed by atoms with Gasteiger partial charge in [0.15, 0.2) is 0 Å². The second-order valence-corrected chi connectivity index (χ2v) is 6.75. The number of aryl methyl sites for hydroxylation is 1. The van der Waals surface area contributed by atoms with Crippen LogP contribution in [0.4, 0.5) is 10.3 Å². The average molecular weight is 356 g/mol. The first-order valence-electron chi connectivity index (χ1n) is 9.21. The number of rotatable bonds is 5. The van der Waals surface area contributed by atoms with Crippen LogP contribution in [0, 0.1) is 12.7 Å². The predicted octanol–water partition coefficient (Wildman–Crippen LogP) is 3.94. The molecule has 1 aliphatic rings. The maximum Gasteiger partial charge on any atom is 0.272 e. The van der Waals surface area contributed by atoms with E-state index < -0.39 is 0 Å². The molecular weight excluding hydrogens is 331 g/mol. The summed E-state index contributed by atoms with van der Waals surface area (Å²) >= 11 is 0. The fourth-order valence-corrected chi connectivity index (χ4v) is 3.38. The smallest absolute Gasteiger partial charge is 0.272 e. The van der Waals surface area contributed by atoms with E-state index in [9.17, 15) is 9.18 Å². The first kappa shape index (κ1) is 18.3. The Balaban J connectivity index is 1.74. The highest BCUT2D eigenvalue weighted by atomic mass is 19.1. The third-order valence-electron chi connectivity index (χ3n) is 4.80. The number of carbonyl (C=O) groups excluding carboxylic acids is 1. The molecule has 1 aliphatic heterocycles. The summed E-state index contributed by atoms with van der Waals surface area (Å²) in [4.78, 5) is 23.7. The zero-order valence-electron chi connectivity index (χ0n) is 15.3. The Bertz CT molecular complexity index is 763. The van der Waals surface area contributed by atoms with Crippen molar-refractivity contribution in [2.45, 2.75) is 52.1 Å². The van der Waals surface area contributed by atoms with E-state index in [4.69, 9.17) is 0 Å². The second kappa shape index (κ2) is 8.25. The molecule has 1 saturated heterocycles. The molecule has 1 aromatic carbocycles. The van der Waals surface area contributed by atoms with E-state index in [-0.39, 0.29) is 11.7 Å². The fourth-order valence-electron chi connectivity index (χ4n) is 3.38. The number of benzene rings is 1. The summed E-state index contributed by atoms with van der Waals surface area (Å²) in [6.45, 7) is 5.24. The topological polar surface area (TPSA) is 58.1 Å². The lowest BCUT2D eigenvalue weighted by Crippen LogP contribution is -2.43. The third-order valence-corrected chi connectivity index (χ3v) is 4.80. The number of hydrogen-bond donors (Lipinski definition) is 1. The van der Waals surface area contributed by atoms with Crippen LogP contribution >= 0.6 is 0 Å². The standard InChI is InChI=1S/C20H25FN4O/c1-3-17-6-4-5-11-25(17)19(26)18-12-14(2)23-20(24-18)22-13-15-7-9-16(21)10-8-15/h7-10,12,17H,3-6,11,13H2,1-2H3,(H,22,23,24). The summed E-state index contributed by atoms with van der Waals surface area (Å²) in [5.74, 6) is 0.134. The number of carbonyl (C=O) groups is 1. The predicted molar refractivity (Wildman–Crippen MR) is 99.5 cm³/mol. The van der Waals surface area contributed by atoms with Crippen LogP contribution in [0.3, 0.4) is 0 Å². The molecule has 138 valence electrons. The van der Waals surface area contributed by atoms with Gasteiger partial charge in [-0.2, -0.15) is 0 Å². The molecule has 6 heteroatoms. The number of nitrogens with one attached hydrogen (secondary N) is 1. The van der Waals surface area contributed by atoms with Crippen molar-refractivity contribution in [2.75, 3.05) is 11.9 Å². The number of nitrogens with zero attached hydrogens (tertiary/aromatic N) is 3. The second-order valence-electron chi connectivity index (χ2n) is 6.75. The molecule has 1 fully saturated rings. The molecule has 1 amide bonds. The lowest BCUT2D eigenvalue weighted by Gasteiger charge is -2.35. The number of aromatic nitrogens is 2. The number of hydrogen-bond acceptors (Lipinski definition) is 4. The van der Waals surface area contributed by atoms with E-state index in [0.717, 1.165) is 37.1 Å². The Morgan fingerprint density at radius 1 is 1.27 bits per heavy atom. The Hall–Kier alpha value is -2.50. The lowest BCUT2D eigenvalue weighted by molar-refractivity contribution is 0.0601. The molecule has 2 heterocycles. The summed E-state index contributed by atoms with van der Waals surface area (Å²) < 4.78 is 13.0. The molecule has 26 heavy (non-hydrogen) atoms. The van der Waals surface area contributed by atoms with Gasteiger partial charge in [0.2, 0.25) is 5.95 Å². The average Bonchev–Trinajstić information content (AvgIpc) is 2.66. The zero-order valence-corrected chi connectivity index (χ0v) is 15.3. The van der Waals surface area contributed by atoms with Gasteiger partial charge in [0, 0.05) is 24.8 Å². The minimum absolute atomic E-state index is 0.0214. The van der Waals surface area contributed by atoms with Gasteiger partial charge < -0.3 is 10.2 Å². The van der Waals surface area contributed by atoms with Crippen LogP contribution in [-0.2, 0) is 6.54 Å². The largest absolute Gasteiger partial charge is 0.350 e. The van der Waals surface area contributed by atoms with E-state index in [2.05, 4.69) is 22.2 Å². The monoisotopic (exact) mass is 356 g/mol. The van der Waals surface area contributed by atoms with Crippen molar-refractivity contribution < 1.29 is 9.18 Å². The molecule has 1 atom stereocenters. The van der Waals surface area contributed by atoms with Crippen molar-refractivity contribution >= 4 is 11.9 Å². The molecule has 3 rings (SSSR count). The van der Waals surface area contributed by atoms with Crippen molar-refractivity contribution in [3.05, 3.63) is 53.1 Å². The molecule has 5 nitrogen and oxygen atoms in total. The van der Waals surface area contributed by atoms with Crippen LogP contribution in [0.5, 0.6) is 0 Å². The molecule has 2 aromatic rings. The van der Waals surface area contributed by atoms with E-state index >= 15 is 0 Å². The Kier molecular flexibility index (Phi) is 5.81. The van der Waals surface area contributed by atoms with Crippen LogP contribution in [0.1, 0.15) is 54.4 Å². The van der Waals surface area contributed by atoms with Crippen molar-refractivity contribution in [3.63, 3.8) is 0 Å². The summed E-state index contributed by atoms with van der Waals surface area (Å²) in [5.41, 5.74) is 2.10. The molecule has 1 unspecified atom stereocenters. The van der Waals surface area contributed by atoms with Crippen LogP contribution in [0.15, 0.2) is 30.3 Å². The van der Waals surface area contributed by atoms with Gasteiger partial charge in [0.25, 0.3) is 5.91 Å². The molecule has 1 aromatic heterocycles. The minimum atomic E-state index is -0.263. The van der Waals surface area contributed by atoms with E-state index in [1.807, 2.05) is 11.8 Å².